The Hall–Kier alpha value is -3.21. The number of aromatic nitrogens is 1. The summed E-state index contributed by atoms with van der Waals surface area (Å²) in [5.74, 6) is 6.27. The van der Waals surface area contributed by atoms with Crippen LogP contribution < -0.4 is 10.6 Å². The van der Waals surface area contributed by atoms with Crippen LogP contribution in [0.15, 0.2) is 42.5 Å². The summed E-state index contributed by atoms with van der Waals surface area (Å²) in [4.78, 5) is 32.1. The molecule has 0 aliphatic heterocycles. The monoisotopic (exact) mass is 490 g/mol. The van der Waals surface area contributed by atoms with E-state index in [0.29, 0.717) is 43.2 Å². The van der Waals surface area contributed by atoms with Gasteiger partial charge >= 0.3 is 0 Å². The lowest BCUT2D eigenvalue weighted by molar-refractivity contribution is 0.0787. The first-order valence-corrected chi connectivity index (χ1v) is 12.8. The maximum absolute atomic E-state index is 13.3. The number of hydrogen-bond acceptors (Lipinski definition) is 5. The Kier molecular flexibility index (Phi) is 10.5. The van der Waals surface area contributed by atoms with Gasteiger partial charge in [0, 0.05) is 37.3 Å². The number of nitrogens with one attached hydrogen (secondary N) is 2. The lowest BCUT2D eigenvalue weighted by Crippen LogP contribution is -2.48. The van der Waals surface area contributed by atoms with Gasteiger partial charge in [0.2, 0.25) is 0 Å². The van der Waals surface area contributed by atoms with E-state index in [9.17, 15) is 14.7 Å². The SMILES string of the molecule is CCCCN(C)C(=O)c1cc(C(=O)N[C@@H](Cc2ccccc2)[C@H](O)CNCC#CC2CC2)cc(C)n1. The lowest BCUT2D eigenvalue weighted by Gasteiger charge is -2.25. The molecule has 0 saturated heterocycles. The van der Waals surface area contributed by atoms with Crippen molar-refractivity contribution in [1.82, 2.24) is 20.5 Å². The molecule has 1 aliphatic rings. The first kappa shape index (κ1) is 27.4. The van der Waals surface area contributed by atoms with Crippen LogP contribution in [-0.2, 0) is 6.42 Å². The Morgan fingerprint density at radius 2 is 1.97 bits per heavy atom. The summed E-state index contributed by atoms with van der Waals surface area (Å²) in [6.07, 6.45) is 3.90. The lowest BCUT2D eigenvalue weighted by atomic mass is 10.0. The maximum Gasteiger partial charge on any atom is 0.272 e. The summed E-state index contributed by atoms with van der Waals surface area (Å²) < 4.78 is 0. The quantitative estimate of drug-likeness (QED) is 0.314. The molecule has 1 aromatic heterocycles. The molecule has 1 fully saturated rings. The summed E-state index contributed by atoms with van der Waals surface area (Å²) >= 11 is 0. The number of benzene rings is 1. The number of hydrogen-bond donors (Lipinski definition) is 3. The highest BCUT2D eigenvalue weighted by Gasteiger charge is 2.24. The summed E-state index contributed by atoms with van der Waals surface area (Å²) in [7, 11) is 1.75. The maximum atomic E-state index is 13.3. The minimum Gasteiger partial charge on any atom is -0.390 e. The standard InChI is InChI=1S/C29H38N4O3/c1-4-5-16-33(3)29(36)26-19-24(17-21(2)31-26)28(35)32-25(18-23-10-7-6-8-11-23)27(34)20-30-15-9-12-22-13-14-22/h6-8,10-11,17,19,22,25,27,30,34H,4-5,13-16,18,20H2,1-3H3,(H,32,35)/t25-,27+/m0/s1. The van der Waals surface area contributed by atoms with E-state index in [1.165, 1.54) is 18.9 Å². The van der Waals surface area contributed by atoms with Crippen molar-refractivity contribution in [3.8, 4) is 11.8 Å². The van der Waals surface area contributed by atoms with Crippen molar-refractivity contribution in [3.05, 3.63) is 65.0 Å². The molecule has 1 aromatic carbocycles. The second-order valence-electron chi connectivity index (χ2n) is 9.53. The molecule has 2 atom stereocenters. The highest BCUT2D eigenvalue weighted by Crippen LogP contribution is 2.27. The minimum atomic E-state index is -0.818. The van der Waals surface area contributed by atoms with Gasteiger partial charge in [-0.2, -0.15) is 0 Å². The Labute approximate surface area is 214 Å². The normalized spacial score (nSPS) is 14.3. The van der Waals surface area contributed by atoms with Gasteiger partial charge in [-0.05, 0) is 50.3 Å². The van der Waals surface area contributed by atoms with Gasteiger partial charge in [-0.1, -0.05) is 55.5 Å². The number of aryl methyl sites for hydroxylation is 1. The molecule has 7 nitrogen and oxygen atoms in total. The average Bonchev–Trinajstić information content (AvgIpc) is 3.70. The molecule has 3 rings (SSSR count). The van der Waals surface area contributed by atoms with Gasteiger partial charge in [-0.25, -0.2) is 4.98 Å². The average molecular weight is 491 g/mol. The molecule has 3 N–H and O–H groups in total. The van der Waals surface area contributed by atoms with E-state index in [0.717, 1.165) is 18.4 Å². The summed E-state index contributed by atoms with van der Waals surface area (Å²) in [5.41, 5.74) is 2.19. The molecule has 1 heterocycles. The zero-order valence-electron chi connectivity index (χ0n) is 21.6. The highest BCUT2D eigenvalue weighted by molar-refractivity contribution is 5.98. The van der Waals surface area contributed by atoms with E-state index in [2.05, 4.69) is 34.4 Å². The number of unbranched alkanes of at least 4 members (excludes halogenated alkanes) is 1. The van der Waals surface area contributed by atoms with E-state index in [4.69, 9.17) is 0 Å². The number of carbonyl (C=O) groups is 2. The zero-order valence-corrected chi connectivity index (χ0v) is 21.6. The number of carbonyl (C=O) groups excluding carboxylic acids is 2. The largest absolute Gasteiger partial charge is 0.390 e. The van der Waals surface area contributed by atoms with Crippen molar-refractivity contribution < 1.29 is 14.7 Å². The smallest absolute Gasteiger partial charge is 0.272 e. The van der Waals surface area contributed by atoms with Crippen molar-refractivity contribution in [3.63, 3.8) is 0 Å². The molecular weight excluding hydrogens is 452 g/mol. The van der Waals surface area contributed by atoms with Crippen molar-refractivity contribution >= 4 is 11.8 Å². The Balaban J connectivity index is 1.70. The van der Waals surface area contributed by atoms with Crippen LogP contribution in [0.5, 0.6) is 0 Å². The second-order valence-corrected chi connectivity index (χ2v) is 9.53. The van der Waals surface area contributed by atoms with Crippen LogP contribution in [0.1, 0.15) is 64.7 Å². The first-order chi connectivity index (χ1) is 17.4. The molecule has 0 bridgehead atoms. The van der Waals surface area contributed by atoms with Crippen LogP contribution in [0.25, 0.3) is 0 Å². The third-order valence-corrected chi connectivity index (χ3v) is 6.16. The van der Waals surface area contributed by atoms with Gasteiger partial charge in [0.1, 0.15) is 5.69 Å². The fourth-order valence-electron chi connectivity index (χ4n) is 3.85. The molecular formula is C29H38N4O3. The second kappa shape index (κ2) is 13.8. The Morgan fingerprint density at radius 3 is 2.67 bits per heavy atom. The summed E-state index contributed by atoms with van der Waals surface area (Å²) in [6, 6.07) is 12.4. The Morgan fingerprint density at radius 1 is 1.22 bits per heavy atom. The van der Waals surface area contributed by atoms with Gasteiger partial charge in [0.15, 0.2) is 0 Å². The van der Waals surface area contributed by atoms with E-state index >= 15 is 0 Å². The third-order valence-electron chi connectivity index (χ3n) is 6.16. The van der Waals surface area contributed by atoms with Crippen LogP contribution in [0.4, 0.5) is 0 Å². The zero-order chi connectivity index (χ0) is 25.9. The number of nitrogens with zero attached hydrogens (tertiary/aromatic N) is 2. The van der Waals surface area contributed by atoms with Crippen molar-refractivity contribution in [1.29, 1.82) is 0 Å². The molecule has 1 aliphatic carbocycles. The molecule has 1 saturated carbocycles. The number of aliphatic hydroxyl groups is 1. The van der Waals surface area contributed by atoms with E-state index in [1.54, 1.807) is 24.9 Å². The van der Waals surface area contributed by atoms with Gasteiger partial charge in [-0.3, -0.25) is 9.59 Å². The van der Waals surface area contributed by atoms with Gasteiger partial charge in [0.25, 0.3) is 11.8 Å². The molecule has 2 amide bonds. The van der Waals surface area contributed by atoms with Crippen LogP contribution >= 0.6 is 0 Å². The number of amides is 2. The molecule has 2 aromatic rings. The fourth-order valence-corrected chi connectivity index (χ4v) is 3.85. The number of rotatable bonds is 12. The fraction of sp³-hybridized carbons (Fsp3) is 0.483. The minimum absolute atomic E-state index is 0.210. The summed E-state index contributed by atoms with van der Waals surface area (Å²) in [6.45, 7) is 5.28. The molecule has 192 valence electrons. The van der Waals surface area contributed by atoms with Gasteiger partial charge in [-0.15, -0.1) is 0 Å². The molecule has 0 radical (unpaired) electrons. The van der Waals surface area contributed by atoms with Gasteiger partial charge in [0.05, 0.1) is 18.7 Å². The van der Waals surface area contributed by atoms with Crippen LogP contribution in [-0.4, -0.2) is 65.6 Å². The molecule has 36 heavy (non-hydrogen) atoms. The van der Waals surface area contributed by atoms with E-state index in [-0.39, 0.29) is 17.5 Å². The molecule has 7 heteroatoms. The topological polar surface area (TPSA) is 94.6 Å². The number of pyridine rings is 1. The Bertz CT molecular complexity index is 1070. The van der Waals surface area contributed by atoms with E-state index < -0.39 is 12.1 Å². The van der Waals surface area contributed by atoms with Crippen molar-refractivity contribution in [2.45, 2.75) is 58.1 Å². The van der Waals surface area contributed by atoms with Crippen LogP contribution in [0.3, 0.4) is 0 Å². The first-order valence-electron chi connectivity index (χ1n) is 12.8. The van der Waals surface area contributed by atoms with Gasteiger partial charge < -0.3 is 20.6 Å². The van der Waals surface area contributed by atoms with Crippen LogP contribution in [0.2, 0.25) is 0 Å². The summed E-state index contributed by atoms with van der Waals surface area (Å²) in [5, 5.41) is 17.1. The van der Waals surface area contributed by atoms with Crippen molar-refractivity contribution in [2.24, 2.45) is 5.92 Å². The highest BCUT2D eigenvalue weighted by atomic mass is 16.3. The molecule has 0 spiro atoms. The van der Waals surface area contributed by atoms with Crippen LogP contribution in [0, 0.1) is 24.7 Å². The number of aliphatic hydroxyl groups excluding tert-OH is 1. The third kappa shape index (κ3) is 8.78. The van der Waals surface area contributed by atoms with E-state index in [1.807, 2.05) is 30.3 Å². The predicted molar refractivity (Wildman–Crippen MR) is 142 cm³/mol. The van der Waals surface area contributed by atoms with Crippen molar-refractivity contribution in [2.75, 3.05) is 26.7 Å². The predicted octanol–water partition coefficient (Wildman–Crippen LogP) is 2.97. The molecule has 0 unspecified atom stereocenters.